The summed E-state index contributed by atoms with van der Waals surface area (Å²) in [6.07, 6.45) is 8.76. The molecule has 1 aliphatic carbocycles. The summed E-state index contributed by atoms with van der Waals surface area (Å²) in [6.45, 7) is 4.03. The predicted molar refractivity (Wildman–Crippen MR) is 102 cm³/mol. The molecule has 0 amide bonds. The molecule has 0 N–H and O–H groups in total. The van der Waals surface area contributed by atoms with Gasteiger partial charge in [-0.05, 0) is 37.3 Å². The molecule has 27 heavy (non-hydrogen) atoms. The highest BCUT2D eigenvalue weighted by Crippen LogP contribution is 2.36. The van der Waals surface area contributed by atoms with E-state index in [1.54, 1.807) is 0 Å². The maximum Gasteiger partial charge on any atom is 0.307 e. The van der Waals surface area contributed by atoms with E-state index in [2.05, 4.69) is 27.3 Å². The zero-order valence-corrected chi connectivity index (χ0v) is 16.0. The molecule has 4 rings (SSSR count). The molecule has 2 aromatic rings. The van der Waals surface area contributed by atoms with Crippen molar-refractivity contribution >= 4 is 5.97 Å². The summed E-state index contributed by atoms with van der Waals surface area (Å²) in [5.74, 6) is 0.557. The highest BCUT2D eigenvalue weighted by molar-refractivity contribution is 5.71. The van der Waals surface area contributed by atoms with Gasteiger partial charge in [0.1, 0.15) is 0 Å². The van der Waals surface area contributed by atoms with Crippen molar-refractivity contribution in [3.63, 3.8) is 0 Å². The molecule has 6 nitrogen and oxygen atoms in total. The molecule has 0 radical (unpaired) electrons. The van der Waals surface area contributed by atoms with Gasteiger partial charge in [-0.2, -0.15) is 0 Å². The van der Waals surface area contributed by atoms with E-state index in [1.807, 2.05) is 29.9 Å². The summed E-state index contributed by atoms with van der Waals surface area (Å²) in [4.78, 5) is 14.9. The van der Waals surface area contributed by atoms with Crippen LogP contribution in [0.15, 0.2) is 30.5 Å². The number of para-hydroxylation sites is 1. The van der Waals surface area contributed by atoms with Crippen molar-refractivity contribution in [2.24, 2.45) is 5.92 Å². The van der Waals surface area contributed by atoms with Crippen LogP contribution in [-0.4, -0.2) is 39.0 Å². The molecule has 1 atom stereocenters. The first-order valence-electron chi connectivity index (χ1n) is 10.1. The molecule has 1 aromatic heterocycles. The standard InChI is InChI=1S/C21H28N4O2/c1-2-27-21(26)12-20-18-10-6-7-11-19(18)25-17(13-22-23-25)15-24(20)14-16-8-4-3-5-9-16/h6-7,10-11,13,16,20H,2-5,8-9,12,14-15H2,1H3. The van der Waals surface area contributed by atoms with E-state index in [-0.39, 0.29) is 12.0 Å². The number of esters is 1. The van der Waals surface area contributed by atoms with E-state index in [0.717, 1.165) is 30.0 Å². The minimum absolute atomic E-state index is 0.00359. The maximum atomic E-state index is 12.4. The van der Waals surface area contributed by atoms with E-state index in [0.29, 0.717) is 18.9 Å². The molecular weight excluding hydrogens is 340 g/mol. The monoisotopic (exact) mass is 368 g/mol. The number of ether oxygens (including phenoxy) is 1. The minimum Gasteiger partial charge on any atom is -0.466 e. The summed E-state index contributed by atoms with van der Waals surface area (Å²) in [5.41, 5.74) is 3.22. The quantitative estimate of drug-likeness (QED) is 0.754. The Kier molecular flexibility index (Phi) is 5.53. The Morgan fingerprint density at radius 2 is 2.04 bits per heavy atom. The molecule has 2 heterocycles. The molecule has 0 bridgehead atoms. The SMILES string of the molecule is CCOC(=O)CC1c2ccccc2-n2nncc2CN1CC1CCCCC1. The number of fused-ring (bicyclic) bond motifs is 3. The van der Waals surface area contributed by atoms with Gasteiger partial charge >= 0.3 is 5.97 Å². The van der Waals surface area contributed by atoms with Crippen LogP contribution in [0.3, 0.4) is 0 Å². The zero-order valence-electron chi connectivity index (χ0n) is 16.0. The number of benzene rings is 1. The van der Waals surface area contributed by atoms with E-state index < -0.39 is 0 Å². The van der Waals surface area contributed by atoms with Gasteiger partial charge in [0.25, 0.3) is 0 Å². The maximum absolute atomic E-state index is 12.4. The van der Waals surface area contributed by atoms with Crippen molar-refractivity contribution in [1.29, 1.82) is 0 Å². The summed E-state index contributed by atoms with van der Waals surface area (Å²) >= 11 is 0. The summed E-state index contributed by atoms with van der Waals surface area (Å²) < 4.78 is 7.22. The number of nitrogens with zero attached hydrogens (tertiary/aromatic N) is 4. The first-order chi connectivity index (χ1) is 13.3. The van der Waals surface area contributed by atoms with Crippen molar-refractivity contribution in [3.05, 3.63) is 41.7 Å². The average Bonchev–Trinajstić information content (AvgIpc) is 3.11. The van der Waals surface area contributed by atoms with Crippen LogP contribution in [0.4, 0.5) is 0 Å². The van der Waals surface area contributed by atoms with Crippen LogP contribution in [0.1, 0.15) is 62.7 Å². The van der Waals surface area contributed by atoms with Crippen LogP contribution in [0, 0.1) is 5.92 Å². The third-order valence-corrected chi connectivity index (χ3v) is 5.83. The van der Waals surface area contributed by atoms with Gasteiger partial charge in [0.05, 0.1) is 30.6 Å². The van der Waals surface area contributed by atoms with E-state index >= 15 is 0 Å². The Bertz CT molecular complexity index is 782. The van der Waals surface area contributed by atoms with Crippen molar-refractivity contribution in [1.82, 2.24) is 19.9 Å². The lowest BCUT2D eigenvalue weighted by atomic mass is 9.88. The van der Waals surface area contributed by atoms with Crippen molar-refractivity contribution in [2.75, 3.05) is 13.2 Å². The van der Waals surface area contributed by atoms with Crippen LogP contribution in [0.25, 0.3) is 5.69 Å². The van der Waals surface area contributed by atoms with Gasteiger partial charge < -0.3 is 4.74 Å². The van der Waals surface area contributed by atoms with Gasteiger partial charge in [0.15, 0.2) is 0 Å². The fourth-order valence-corrected chi connectivity index (χ4v) is 4.55. The molecule has 0 saturated heterocycles. The Labute approximate surface area is 160 Å². The molecule has 1 unspecified atom stereocenters. The second-order valence-electron chi connectivity index (χ2n) is 7.65. The number of carbonyl (C=O) groups excluding carboxylic acids is 1. The predicted octanol–water partition coefficient (Wildman–Crippen LogP) is 3.66. The van der Waals surface area contributed by atoms with Gasteiger partial charge in [-0.15, -0.1) is 5.10 Å². The molecular formula is C21H28N4O2. The third-order valence-electron chi connectivity index (χ3n) is 5.83. The molecule has 144 valence electrons. The number of hydrogen-bond acceptors (Lipinski definition) is 5. The van der Waals surface area contributed by atoms with Crippen LogP contribution in [0.2, 0.25) is 0 Å². The molecule has 1 aromatic carbocycles. The van der Waals surface area contributed by atoms with Gasteiger partial charge in [-0.25, -0.2) is 4.68 Å². The zero-order chi connectivity index (χ0) is 18.6. The van der Waals surface area contributed by atoms with E-state index in [1.165, 1.54) is 32.1 Å². The fraction of sp³-hybridized carbons (Fsp3) is 0.571. The Morgan fingerprint density at radius 1 is 1.22 bits per heavy atom. The van der Waals surface area contributed by atoms with Crippen molar-refractivity contribution in [3.8, 4) is 5.69 Å². The normalized spacial score (nSPS) is 20.6. The van der Waals surface area contributed by atoms with E-state index in [9.17, 15) is 4.79 Å². The van der Waals surface area contributed by atoms with Crippen molar-refractivity contribution in [2.45, 2.75) is 58.0 Å². The van der Waals surface area contributed by atoms with Gasteiger partial charge in [-0.3, -0.25) is 9.69 Å². The molecule has 1 saturated carbocycles. The lowest BCUT2D eigenvalue weighted by Crippen LogP contribution is -2.34. The van der Waals surface area contributed by atoms with Gasteiger partial charge in [0.2, 0.25) is 0 Å². The first-order valence-corrected chi connectivity index (χ1v) is 10.1. The van der Waals surface area contributed by atoms with Crippen molar-refractivity contribution < 1.29 is 9.53 Å². The number of hydrogen-bond donors (Lipinski definition) is 0. The lowest BCUT2D eigenvalue weighted by molar-refractivity contribution is -0.144. The molecule has 2 aliphatic rings. The van der Waals surface area contributed by atoms with E-state index in [4.69, 9.17) is 4.74 Å². The highest BCUT2D eigenvalue weighted by Gasteiger charge is 2.32. The van der Waals surface area contributed by atoms with Crippen LogP contribution >= 0.6 is 0 Å². The molecule has 0 spiro atoms. The number of carbonyl (C=O) groups is 1. The first kappa shape index (κ1) is 18.2. The average molecular weight is 368 g/mol. The summed E-state index contributed by atoms with van der Waals surface area (Å²) in [7, 11) is 0. The van der Waals surface area contributed by atoms with Crippen LogP contribution in [-0.2, 0) is 16.1 Å². The molecule has 1 aliphatic heterocycles. The van der Waals surface area contributed by atoms with Crippen LogP contribution < -0.4 is 0 Å². The highest BCUT2D eigenvalue weighted by atomic mass is 16.5. The lowest BCUT2D eigenvalue weighted by Gasteiger charge is -2.34. The smallest absolute Gasteiger partial charge is 0.307 e. The Balaban J connectivity index is 1.69. The summed E-state index contributed by atoms with van der Waals surface area (Å²) in [5, 5.41) is 8.45. The summed E-state index contributed by atoms with van der Waals surface area (Å²) in [6, 6.07) is 8.24. The minimum atomic E-state index is -0.136. The Hall–Kier alpha value is -2.21. The van der Waals surface area contributed by atoms with Gasteiger partial charge in [0, 0.05) is 19.1 Å². The Morgan fingerprint density at radius 3 is 2.85 bits per heavy atom. The second kappa shape index (κ2) is 8.21. The second-order valence-corrected chi connectivity index (χ2v) is 7.65. The third kappa shape index (κ3) is 3.90. The largest absolute Gasteiger partial charge is 0.466 e. The van der Waals surface area contributed by atoms with Crippen LogP contribution in [0.5, 0.6) is 0 Å². The number of rotatable bonds is 5. The topological polar surface area (TPSA) is 60.3 Å². The molecule has 1 fully saturated rings. The molecule has 6 heteroatoms. The number of aromatic nitrogens is 3. The van der Waals surface area contributed by atoms with Gasteiger partial charge in [-0.1, -0.05) is 42.7 Å². The fourth-order valence-electron chi connectivity index (χ4n) is 4.55.